The third-order valence-electron chi connectivity index (χ3n) is 2.57. The minimum atomic E-state index is -3.86. The summed E-state index contributed by atoms with van der Waals surface area (Å²) in [5, 5.41) is 8.91. The highest BCUT2D eigenvalue weighted by molar-refractivity contribution is 9.11. The molecule has 5 nitrogen and oxygen atoms in total. The summed E-state index contributed by atoms with van der Waals surface area (Å²) in [6.45, 7) is 0. The highest BCUT2D eigenvalue weighted by Crippen LogP contribution is 2.28. The van der Waals surface area contributed by atoms with E-state index in [9.17, 15) is 13.2 Å². The second-order valence-corrected chi connectivity index (χ2v) is 7.52. The third-order valence-corrected chi connectivity index (χ3v) is 5.08. The molecule has 0 spiro atoms. The smallest absolute Gasteiger partial charge is 0.335 e. The van der Waals surface area contributed by atoms with E-state index in [1.165, 1.54) is 18.2 Å². The molecular formula is C13H9Br2NO4S. The molecular weight excluding hydrogens is 426 g/mol. The second-order valence-electron chi connectivity index (χ2n) is 4.06. The van der Waals surface area contributed by atoms with Crippen LogP contribution in [0.1, 0.15) is 10.4 Å². The van der Waals surface area contributed by atoms with Crippen molar-refractivity contribution in [3.8, 4) is 0 Å². The molecule has 0 aliphatic rings. The van der Waals surface area contributed by atoms with Crippen molar-refractivity contribution in [3.63, 3.8) is 0 Å². The number of nitrogens with one attached hydrogen (secondary N) is 1. The summed E-state index contributed by atoms with van der Waals surface area (Å²) in [4.78, 5) is 10.8. The van der Waals surface area contributed by atoms with E-state index in [4.69, 9.17) is 5.11 Å². The average molecular weight is 435 g/mol. The first-order valence-corrected chi connectivity index (χ1v) is 8.68. The normalized spacial score (nSPS) is 11.1. The molecule has 8 heteroatoms. The van der Waals surface area contributed by atoms with Gasteiger partial charge in [0.15, 0.2) is 0 Å². The van der Waals surface area contributed by atoms with Crippen molar-refractivity contribution >= 4 is 53.5 Å². The standard InChI is InChI=1S/C13H9Br2NO4S/c14-9-4-5-12(11(15)7-9)16-21(19,20)10-3-1-2-8(6-10)13(17)18/h1-7,16H,(H,17,18). The zero-order valence-corrected chi connectivity index (χ0v) is 14.4. The van der Waals surface area contributed by atoms with Gasteiger partial charge in [-0.3, -0.25) is 4.72 Å². The molecule has 0 aliphatic carbocycles. The number of benzene rings is 2. The fraction of sp³-hybridized carbons (Fsp3) is 0. The molecule has 21 heavy (non-hydrogen) atoms. The Morgan fingerprint density at radius 3 is 2.43 bits per heavy atom. The number of halogens is 2. The zero-order valence-electron chi connectivity index (χ0n) is 10.4. The minimum Gasteiger partial charge on any atom is -0.478 e. The van der Waals surface area contributed by atoms with Gasteiger partial charge in [-0.1, -0.05) is 22.0 Å². The molecule has 0 amide bonds. The number of hydrogen-bond acceptors (Lipinski definition) is 3. The Kier molecular flexibility index (Phi) is 4.70. The van der Waals surface area contributed by atoms with Gasteiger partial charge in [-0.05, 0) is 52.3 Å². The summed E-state index contributed by atoms with van der Waals surface area (Å²) >= 11 is 6.53. The van der Waals surface area contributed by atoms with E-state index in [-0.39, 0.29) is 10.5 Å². The van der Waals surface area contributed by atoms with Crippen LogP contribution in [0.2, 0.25) is 0 Å². The van der Waals surface area contributed by atoms with E-state index >= 15 is 0 Å². The van der Waals surface area contributed by atoms with Crippen molar-refractivity contribution in [1.82, 2.24) is 0 Å². The Labute approximate surface area is 138 Å². The zero-order chi connectivity index (χ0) is 15.6. The molecule has 110 valence electrons. The van der Waals surface area contributed by atoms with Crippen LogP contribution in [0.3, 0.4) is 0 Å². The highest BCUT2D eigenvalue weighted by Gasteiger charge is 2.17. The van der Waals surface area contributed by atoms with E-state index < -0.39 is 16.0 Å². The maximum absolute atomic E-state index is 12.3. The minimum absolute atomic E-state index is 0.0900. The van der Waals surface area contributed by atoms with Gasteiger partial charge in [-0.2, -0.15) is 0 Å². The number of carboxylic acids is 1. The summed E-state index contributed by atoms with van der Waals surface area (Å²) < 4.78 is 28.3. The SMILES string of the molecule is O=C(O)c1cccc(S(=O)(=O)Nc2ccc(Br)cc2Br)c1. The van der Waals surface area contributed by atoms with Crippen LogP contribution in [0.5, 0.6) is 0 Å². The van der Waals surface area contributed by atoms with Gasteiger partial charge in [0.05, 0.1) is 16.1 Å². The molecule has 2 aromatic carbocycles. The second kappa shape index (κ2) is 6.17. The number of anilines is 1. The van der Waals surface area contributed by atoms with E-state index in [1.807, 2.05) is 0 Å². The molecule has 2 rings (SSSR count). The fourth-order valence-electron chi connectivity index (χ4n) is 1.57. The maximum Gasteiger partial charge on any atom is 0.335 e. The molecule has 2 aromatic rings. The first-order valence-electron chi connectivity index (χ1n) is 5.61. The van der Waals surface area contributed by atoms with Gasteiger partial charge in [0, 0.05) is 8.95 Å². The van der Waals surface area contributed by atoms with E-state index in [0.29, 0.717) is 10.2 Å². The predicted octanol–water partition coefficient (Wildman–Crippen LogP) is 3.71. The molecule has 0 heterocycles. The van der Waals surface area contributed by atoms with Gasteiger partial charge in [0.2, 0.25) is 0 Å². The van der Waals surface area contributed by atoms with Crippen molar-refractivity contribution in [2.75, 3.05) is 4.72 Å². The summed E-state index contributed by atoms with van der Waals surface area (Å²) in [5.74, 6) is -1.18. The summed E-state index contributed by atoms with van der Waals surface area (Å²) in [6, 6.07) is 10.1. The van der Waals surface area contributed by atoms with Gasteiger partial charge in [-0.15, -0.1) is 0 Å². The largest absolute Gasteiger partial charge is 0.478 e. The van der Waals surface area contributed by atoms with Crippen LogP contribution in [-0.4, -0.2) is 19.5 Å². The van der Waals surface area contributed by atoms with E-state index in [1.54, 1.807) is 18.2 Å². The van der Waals surface area contributed by atoms with Crippen LogP contribution in [-0.2, 0) is 10.0 Å². The van der Waals surface area contributed by atoms with E-state index in [0.717, 1.165) is 10.5 Å². The van der Waals surface area contributed by atoms with Crippen LogP contribution < -0.4 is 4.72 Å². The Morgan fingerprint density at radius 2 is 1.81 bits per heavy atom. The maximum atomic E-state index is 12.3. The lowest BCUT2D eigenvalue weighted by molar-refractivity contribution is 0.0696. The molecule has 0 bridgehead atoms. The number of carbonyl (C=O) groups is 1. The molecule has 0 saturated carbocycles. The first kappa shape index (κ1) is 16.0. The van der Waals surface area contributed by atoms with Crippen LogP contribution in [0.4, 0.5) is 5.69 Å². The molecule has 0 radical (unpaired) electrons. The van der Waals surface area contributed by atoms with Crippen molar-refractivity contribution < 1.29 is 18.3 Å². The Balaban J connectivity index is 2.38. The van der Waals surface area contributed by atoms with Crippen LogP contribution in [0.15, 0.2) is 56.3 Å². The topological polar surface area (TPSA) is 83.5 Å². The van der Waals surface area contributed by atoms with Crippen molar-refractivity contribution in [2.45, 2.75) is 4.90 Å². The number of carboxylic acid groups (broad SMARTS) is 1. The highest BCUT2D eigenvalue weighted by atomic mass is 79.9. The Bertz CT molecular complexity index is 806. The van der Waals surface area contributed by atoms with Gasteiger partial charge in [-0.25, -0.2) is 13.2 Å². The first-order chi connectivity index (χ1) is 9.79. The lowest BCUT2D eigenvalue weighted by Gasteiger charge is -2.10. The summed E-state index contributed by atoms with van der Waals surface area (Å²) in [7, 11) is -3.86. The van der Waals surface area contributed by atoms with Crippen molar-refractivity contribution in [2.24, 2.45) is 0 Å². The molecule has 0 atom stereocenters. The van der Waals surface area contributed by atoms with Crippen molar-refractivity contribution in [3.05, 3.63) is 57.0 Å². The number of rotatable bonds is 4. The third kappa shape index (κ3) is 3.84. The Morgan fingerprint density at radius 1 is 1.10 bits per heavy atom. The van der Waals surface area contributed by atoms with Crippen LogP contribution in [0, 0.1) is 0 Å². The van der Waals surface area contributed by atoms with Crippen molar-refractivity contribution in [1.29, 1.82) is 0 Å². The summed E-state index contributed by atoms with van der Waals surface area (Å²) in [6.07, 6.45) is 0. The molecule has 0 aliphatic heterocycles. The molecule has 0 saturated heterocycles. The molecule has 0 aromatic heterocycles. The fourth-order valence-corrected chi connectivity index (χ4v) is 3.97. The number of hydrogen-bond donors (Lipinski definition) is 2. The lowest BCUT2D eigenvalue weighted by Crippen LogP contribution is -2.14. The van der Waals surface area contributed by atoms with Gasteiger partial charge < -0.3 is 5.11 Å². The quantitative estimate of drug-likeness (QED) is 0.768. The average Bonchev–Trinajstić information content (AvgIpc) is 2.42. The summed E-state index contributed by atoms with van der Waals surface area (Å²) in [5.41, 5.74) is 0.270. The van der Waals surface area contributed by atoms with Gasteiger partial charge in [0.1, 0.15) is 0 Å². The van der Waals surface area contributed by atoms with Gasteiger partial charge in [0.25, 0.3) is 10.0 Å². The van der Waals surface area contributed by atoms with Crippen LogP contribution in [0.25, 0.3) is 0 Å². The Hall–Kier alpha value is -1.38. The predicted molar refractivity (Wildman–Crippen MR) is 86.1 cm³/mol. The lowest BCUT2D eigenvalue weighted by atomic mass is 10.2. The number of aromatic carboxylic acids is 1. The molecule has 0 fully saturated rings. The van der Waals surface area contributed by atoms with E-state index in [2.05, 4.69) is 36.6 Å². The number of sulfonamides is 1. The van der Waals surface area contributed by atoms with Crippen LogP contribution >= 0.6 is 31.9 Å². The monoisotopic (exact) mass is 433 g/mol. The molecule has 2 N–H and O–H groups in total. The molecule has 0 unspecified atom stereocenters. The van der Waals surface area contributed by atoms with Gasteiger partial charge >= 0.3 is 5.97 Å².